The number of rotatable bonds is 5. The maximum Gasteiger partial charge on any atom is 0.331 e. The van der Waals surface area contributed by atoms with Gasteiger partial charge in [0.25, 0.3) is 5.91 Å². The molecule has 0 spiro atoms. The van der Waals surface area contributed by atoms with Crippen molar-refractivity contribution in [2.45, 2.75) is 0 Å². The maximum absolute atomic E-state index is 12.7. The Kier molecular flexibility index (Phi) is 5.88. The molecular formula is C17H13ClFNO3. The molecule has 0 atom stereocenters. The lowest BCUT2D eigenvalue weighted by atomic mass is 10.2. The van der Waals surface area contributed by atoms with Gasteiger partial charge in [0.1, 0.15) is 5.82 Å². The summed E-state index contributed by atoms with van der Waals surface area (Å²) < 4.78 is 17.5. The SMILES string of the molecule is O=C(COC(=O)/C=C/c1cccc(Cl)c1)Nc1ccc(F)cc1. The molecule has 1 amide bonds. The van der Waals surface area contributed by atoms with Crippen molar-refractivity contribution in [3.05, 3.63) is 71.0 Å². The third-order valence-corrected chi connectivity index (χ3v) is 2.97. The van der Waals surface area contributed by atoms with Gasteiger partial charge in [0, 0.05) is 16.8 Å². The number of hydrogen-bond donors (Lipinski definition) is 1. The summed E-state index contributed by atoms with van der Waals surface area (Å²) in [6.45, 7) is -0.434. The van der Waals surface area contributed by atoms with E-state index in [9.17, 15) is 14.0 Å². The molecule has 2 aromatic carbocycles. The molecule has 0 aliphatic carbocycles. The van der Waals surface area contributed by atoms with E-state index in [0.29, 0.717) is 10.7 Å². The van der Waals surface area contributed by atoms with Crippen molar-refractivity contribution in [2.24, 2.45) is 0 Å². The van der Waals surface area contributed by atoms with Crippen LogP contribution in [0.1, 0.15) is 5.56 Å². The minimum Gasteiger partial charge on any atom is -0.452 e. The molecule has 0 saturated carbocycles. The Morgan fingerprint density at radius 3 is 2.61 bits per heavy atom. The van der Waals surface area contributed by atoms with Gasteiger partial charge in [-0.05, 0) is 48.0 Å². The molecule has 6 heteroatoms. The Labute approximate surface area is 137 Å². The summed E-state index contributed by atoms with van der Waals surface area (Å²) in [5.41, 5.74) is 1.16. The number of anilines is 1. The fraction of sp³-hybridized carbons (Fsp3) is 0.0588. The molecule has 118 valence electrons. The van der Waals surface area contributed by atoms with E-state index < -0.39 is 24.3 Å². The van der Waals surface area contributed by atoms with E-state index in [-0.39, 0.29) is 0 Å². The molecule has 0 saturated heterocycles. The number of nitrogens with one attached hydrogen (secondary N) is 1. The van der Waals surface area contributed by atoms with Gasteiger partial charge >= 0.3 is 5.97 Å². The first-order chi connectivity index (χ1) is 11.0. The van der Waals surface area contributed by atoms with Crippen molar-refractivity contribution < 1.29 is 18.7 Å². The number of benzene rings is 2. The van der Waals surface area contributed by atoms with E-state index in [1.807, 2.05) is 0 Å². The largest absolute Gasteiger partial charge is 0.452 e. The molecule has 0 aliphatic heterocycles. The Balaban J connectivity index is 1.79. The van der Waals surface area contributed by atoms with Gasteiger partial charge in [0.15, 0.2) is 6.61 Å². The van der Waals surface area contributed by atoms with Crippen LogP contribution in [0.15, 0.2) is 54.6 Å². The molecule has 1 N–H and O–H groups in total. The van der Waals surface area contributed by atoms with Crippen molar-refractivity contribution in [1.82, 2.24) is 0 Å². The molecule has 0 aliphatic rings. The van der Waals surface area contributed by atoms with E-state index in [4.69, 9.17) is 16.3 Å². The maximum atomic E-state index is 12.7. The van der Waals surface area contributed by atoms with Crippen LogP contribution in [-0.2, 0) is 14.3 Å². The van der Waals surface area contributed by atoms with E-state index >= 15 is 0 Å². The number of carbonyl (C=O) groups is 2. The lowest BCUT2D eigenvalue weighted by molar-refractivity contribution is -0.142. The molecule has 0 fully saturated rings. The monoisotopic (exact) mass is 333 g/mol. The second kappa shape index (κ2) is 8.10. The van der Waals surface area contributed by atoms with E-state index in [2.05, 4.69) is 5.32 Å². The lowest BCUT2D eigenvalue weighted by Gasteiger charge is -2.05. The van der Waals surface area contributed by atoms with Crippen LogP contribution in [0.25, 0.3) is 6.08 Å². The first kappa shape index (κ1) is 16.7. The number of ether oxygens (including phenoxy) is 1. The molecular weight excluding hydrogens is 321 g/mol. The Hall–Kier alpha value is -2.66. The minimum absolute atomic E-state index is 0.402. The van der Waals surface area contributed by atoms with Crippen LogP contribution in [-0.4, -0.2) is 18.5 Å². The number of amides is 1. The molecule has 0 heterocycles. The molecule has 0 unspecified atom stereocenters. The summed E-state index contributed by atoms with van der Waals surface area (Å²) in [7, 11) is 0. The van der Waals surface area contributed by atoms with Crippen LogP contribution in [0.2, 0.25) is 5.02 Å². The predicted molar refractivity (Wildman–Crippen MR) is 86.5 cm³/mol. The second-order valence-corrected chi connectivity index (χ2v) is 4.99. The summed E-state index contributed by atoms with van der Waals surface area (Å²) >= 11 is 5.82. The third-order valence-electron chi connectivity index (χ3n) is 2.73. The summed E-state index contributed by atoms with van der Waals surface area (Å²) in [5, 5.41) is 3.04. The number of carbonyl (C=O) groups excluding carboxylic acids is 2. The zero-order valence-corrected chi connectivity index (χ0v) is 12.7. The number of hydrogen-bond acceptors (Lipinski definition) is 3. The van der Waals surface area contributed by atoms with Gasteiger partial charge in [0.05, 0.1) is 0 Å². The summed E-state index contributed by atoms with van der Waals surface area (Å²) in [6.07, 6.45) is 2.74. The topological polar surface area (TPSA) is 55.4 Å². The van der Waals surface area contributed by atoms with Crippen LogP contribution < -0.4 is 5.32 Å². The van der Waals surface area contributed by atoms with Gasteiger partial charge in [-0.1, -0.05) is 23.7 Å². The van der Waals surface area contributed by atoms with Gasteiger partial charge in [-0.25, -0.2) is 9.18 Å². The van der Waals surface area contributed by atoms with E-state index in [1.54, 1.807) is 24.3 Å². The van der Waals surface area contributed by atoms with Gasteiger partial charge in [-0.3, -0.25) is 4.79 Å². The average Bonchev–Trinajstić information content (AvgIpc) is 2.53. The van der Waals surface area contributed by atoms with Gasteiger partial charge in [-0.15, -0.1) is 0 Å². The molecule has 2 aromatic rings. The molecule has 4 nitrogen and oxygen atoms in total. The fourth-order valence-electron chi connectivity index (χ4n) is 1.69. The zero-order valence-electron chi connectivity index (χ0n) is 12.0. The minimum atomic E-state index is -0.653. The highest BCUT2D eigenvalue weighted by Gasteiger charge is 2.05. The molecule has 2 rings (SSSR count). The number of halogens is 2. The fourth-order valence-corrected chi connectivity index (χ4v) is 1.89. The standard InChI is InChI=1S/C17H13ClFNO3/c18-13-3-1-2-12(10-13)4-9-17(22)23-11-16(21)20-15-7-5-14(19)6-8-15/h1-10H,11H2,(H,20,21)/b9-4+. The van der Waals surface area contributed by atoms with Crippen molar-refractivity contribution >= 4 is 35.2 Å². The van der Waals surface area contributed by atoms with Gasteiger partial charge < -0.3 is 10.1 Å². The zero-order chi connectivity index (χ0) is 16.7. The van der Waals surface area contributed by atoms with Crippen molar-refractivity contribution in [3.8, 4) is 0 Å². The number of esters is 1. The summed E-state index contributed by atoms with van der Waals surface area (Å²) in [4.78, 5) is 23.1. The van der Waals surface area contributed by atoms with Crippen LogP contribution >= 0.6 is 11.6 Å². The van der Waals surface area contributed by atoms with E-state index in [0.717, 1.165) is 5.56 Å². The average molecular weight is 334 g/mol. The normalized spacial score (nSPS) is 10.5. The van der Waals surface area contributed by atoms with Crippen LogP contribution in [0.3, 0.4) is 0 Å². The van der Waals surface area contributed by atoms with Crippen LogP contribution in [0.5, 0.6) is 0 Å². The Morgan fingerprint density at radius 2 is 1.91 bits per heavy atom. The summed E-state index contributed by atoms with van der Waals surface area (Å²) in [5.74, 6) is -1.57. The Bertz CT molecular complexity index is 729. The highest BCUT2D eigenvalue weighted by atomic mass is 35.5. The highest BCUT2D eigenvalue weighted by Crippen LogP contribution is 2.12. The van der Waals surface area contributed by atoms with Crippen molar-refractivity contribution in [3.63, 3.8) is 0 Å². The highest BCUT2D eigenvalue weighted by molar-refractivity contribution is 6.30. The lowest BCUT2D eigenvalue weighted by Crippen LogP contribution is -2.20. The predicted octanol–water partition coefficient (Wildman–Crippen LogP) is 3.67. The molecule has 0 radical (unpaired) electrons. The van der Waals surface area contributed by atoms with Gasteiger partial charge in [-0.2, -0.15) is 0 Å². The quantitative estimate of drug-likeness (QED) is 0.671. The van der Waals surface area contributed by atoms with Crippen molar-refractivity contribution in [2.75, 3.05) is 11.9 Å². The first-order valence-electron chi connectivity index (χ1n) is 6.69. The van der Waals surface area contributed by atoms with Crippen LogP contribution in [0.4, 0.5) is 10.1 Å². The molecule has 0 bridgehead atoms. The smallest absolute Gasteiger partial charge is 0.331 e. The summed E-state index contributed by atoms with van der Waals surface area (Å²) in [6, 6.07) is 12.2. The molecule has 23 heavy (non-hydrogen) atoms. The third kappa shape index (κ3) is 5.92. The van der Waals surface area contributed by atoms with Gasteiger partial charge in [0.2, 0.25) is 0 Å². The van der Waals surface area contributed by atoms with Crippen LogP contribution in [0, 0.1) is 5.82 Å². The second-order valence-electron chi connectivity index (χ2n) is 4.55. The molecule has 0 aromatic heterocycles. The first-order valence-corrected chi connectivity index (χ1v) is 7.06. The van der Waals surface area contributed by atoms with E-state index in [1.165, 1.54) is 36.4 Å². The van der Waals surface area contributed by atoms with Crippen molar-refractivity contribution in [1.29, 1.82) is 0 Å². The Morgan fingerprint density at radius 1 is 1.17 bits per heavy atom.